The first-order valence-electron chi connectivity index (χ1n) is 9.79. The molecule has 28 heavy (non-hydrogen) atoms. The Hall–Kier alpha value is -3.07. The van der Waals surface area contributed by atoms with E-state index in [9.17, 15) is 4.79 Å². The smallest absolute Gasteiger partial charge is 0.227 e. The third-order valence-electron chi connectivity index (χ3n) is 5.52. The molecule has 0 spiro atoms. The third kappa shape index (κ3) is 3.94. The van der Waals surface area contributed by atoms with Crippen molar-refractivity contribution in [1.82, 2.24) is 4.90 Å². The number of rotatable bonds is 5. The molecule has 1 atom stereocenters. The SMILES string of the molecule is COc1ccc(CC(=O)N2CCc3ccccc3C2Cc2ccccc2)cc1. The molecule has 0 saturated carbocycles. The van der Waals surface area contributed by atoms with E-state index in [1.165, 1.54) is 16.7 Å². The number of hydrogen-bond donors (Lipinski definition) is 0. The minimum Gasteiger partial charge on any atom is -0.497 e. The number of carbonyl (C=O) groups is 1. The van der Waals surface area contributed by atoms with Crippen LogP contribution in [0.3, 0.4) is 0 Å². The second kappa shape index (κ2) is 8.30. The first kappa shape index (κ1) is 18.3. The predicted molar refractivity (Wildman–Crippen MR) is 111 cm³/mol. The number of amides is 1. The van der Waals surface area contributed by atoms with E-state index < -0.39 is 0 Å². The van der Waals surface area contributed by atoms with Crippen LogP contribution in [0.15, 0.2) is 78.9 Å². The van der Waals surface area contributed by atoms with E-state index in [4.69, 9.17) is 4.74 Å². The molecule has 0 bridgehead atoms. The van der Waals surface area contributed by atoms with Crippen molar-refractivity contribution in [3.63, 3.8) is 0 Å². The van der Waals surface area contributed by atoms with Crippen LogP contribution in [0.5, 0.6) is 5.75 Å². The Morgan fingerprint density at radius 1 is 0.929 bits per heavy atom. The highest BCUT2D eigenvalue weighted by atomic mass is 16.5. The molecule has 0 aromatic heterocycles. The van der Waals surface area contributed by atoms with Gasteiger partial charge in [-0.15, -0.1) is 0 Å². The highest BCUT2D eigenvalue weighted by Crippen LogP contribution is 2.33. The van der Waals surface area contributed by atoms with Crippen molar-refractivity contribution in [1.29, 1.82) is 0 Å². The summed E-state index contributed by atoms with van der Waals surface area (Å²) in [4.78, 5) is 15.3. The number of nitrogens with zero attached hydrogens (tertiary/aromatic N) is 1. The lowest BCUT2D eigenvalue weighted by atomic mass is 9.88. The van der Waals surface area contributed by atoms with Crippen molar-refractivity contribution in [3.8, 4) is 5.75 Å². The molecule has 0 fully saturated rings. The summed E-state index contributed by atoms with van der Waals surface area (Å²) in [6, 6.07) is 26.8. The summed E-state index contributed by atoms with van der Waals surface area (Å²) in [7, 11) is 1.65. The van der Waals surface area contributed by atoms with Crippen molar-refractivity contribution in [2.45, 2.75) is 25.3 Å². The van der Waals surface area contributed by atoms with E-state index in [0.29, 0.717) is 6.42 Å². The molecule has 3 aromatic rings. The van der Waals surface area contributed by atoms with Crippen molar-refractivity contribution in [2.75, 3.05) is 13.7 Å². The average Bonchev–Trinajstić information content (AvgIpc) is 2.75. The molecule has 1 amide bonds. The van der Waals surface area contributed by atoms with Gasteiger partial charge in [0.15, 0.2) is 0 Å². The quantitative estimate of drug-likeness (QED) is 0.656. The van der Waals surface area contributed by atoms with E-state index in [1.54, 1.807) is 7.11 Å². The molecule has 3 aromatic carbocycles. The zero-order valence-corrected chi connectivity index (χ0v) is 16.2. The third-order valence-corrected chi connectivity index (χ3v) is 5.52. The van der Waals surface area contributed by atoms with Gasteiger partial charge in [0.25, 0.3) is 0 Å². The molecule has 3 heteroatoms. The Balaban J connectivity index is 1.59. The van der Waals surface area contributed by atoms with E-state index in [1.807, 2.05) is 30.3 Å². The summed E-state index contributed by atoms with van der Waals surface area (Å²) in [5.41, 5.74) is 4.91. The van der Waals surface area contributed by atoms with Crippen LogP contribution >= 0.6 is 0 Å². The maximum atomic E-state index is 13.2. The second-order valence-corrected chi connectivity index (χ2v) is 7.27. The van der Waals surface area contributed by atoms with Crippen molar-refractivity contribution >= 4 is 5.91 Å². The first-order valence-corrected chi connectivity index (χ1v) is 9.79. The Labute approximate surface area is 166 Å². The molecule has 1 unspecified atom stereocenters. The zero-order chi connectivity index (χ0) is 19.3. The molecule has 0 radical (unpaired) electrons. The second-order valence-electron chi connectivity index (χ2n) is 7.27. The number of ether oxygens (including phenoxy) is 1. The molecule has 1 aliphatic heterocycles. The Morgan fingerprint density at radius 3 is 2.39 bits per heavy atom. The normalized spacial score (nSPS) is 15.8. The van der Waals surface area contributed by atoms with E-state index in [2.05, 4.69) is 53.4 Å². The van der Waals surface area contributed by atoms with Gasteiger partial charge in [0.1, 0.15) is 5.75 Å². The molecule has 1 heterocycles. The van der Waals surface area contributed by atoms with Gasteiger partial charge in [-0.25, -0.2) is 0 Å². The highest BCUT2D eigenvalue weighted by Gasteiger charge is 2.30. The standard InChI is InChI=1S/C25H25NO2/c1-28-22-13-11-20(12-14-22)18-25(27)26-16-15-21-9-5-6-10-23(21)24(26)17-19-7-3-2-4-8-19/h2-14,24H,15-18H2,1H3. The molecule has 0 N–H and O–H groups in total. The van der Waals surface area contributed by atoms with Crippen LogP contribution in [0.2, 0.25) is 0 Å². The van der Waals surface area contributed by atoms with E-state index in [0.717, 1.165) is 30.7 Å². The van der Waals surface area contributed by atoms with Gasteiger partial charge in [0, 0.05) is 6.54 Å². The minimum atomic E-state index is 0.0816. The van der Waals surface area contributed by atoms with Gasteiger partial charge in [-0.3, -0.25) is 4.79 Å². The highest BCUT2D eigenvalue weighted by molar-refractivity contribution is 5.79. The largest absolute Gasteiger partial charge is 0.497 e. The minimum absolute atomic E-state index is 0.0816. The monoisotopic (exact) mass is 371 g/mol. The van der Waals surface area contributed by atoms with Crippen molar-refractivity contribution in [2.24, 2.45) is 0 Å². The van der Waals surface area contributed by atoms with Gasteiger partial charge < -0.3 is 9.64 Å². The summed E-state index contributed by atoms with van der Waals surface area (Å²) in [5, 5.41) is 0. The number of benzene rings is 3. The number of hydrogen-bond acceptors (Lipinski definition) is 2. The Bertz CT molecular complexity index is 934. The zero-order valence-electron chi connectivity index (χ0n) is 16.2. The molecule has 0 aliphatic carbocycles. The summed E-state index contributed by atoms with van der Waals surface area (Å²) in [6.45, 7) is 0.767. The molecular weight excluding hydrogens is 346 g/mol. The summed E-state index contributed by atoms with van der Waals surface area (Å²) >= 11 is 0. The average molecular weight is 371 g/mol. The Morgan fingerprint density at radius 2 is 1.64 bits per heavy atom. The maximum absolute atomic E-state index is 13.2. The molecule has 142 valence electrons. The number of methoxy groups -OCH3 is 1. The van der Waals surface area contributed by atoms with Crippen LogP contribution in [0, 0.1) is 0 Å². The fraction of sp³-hybridized carbons (Fsp3) is 0.240. The fourth-order valence-corrected chi connectivity index (χ4v) is 4.03. The van der Waals surface area contributed by atoms with E-state index in [-0.39, 0.29) is 11.9 Å². The summed E-state index contributed by atoms with van der Waals surface area (Å²) in [6.07, 6.45) is 2.17. The topological polar surface area (TPSA) is 29.5 Å². The van der Waals surface area contributed by atoms with Crippen molar-refractivity contribution in [3.05, 3.63) is 101 Å². The summed E-state index contributed by atoms with van der Waals surface area (Å²) < 4.78 is 5.22. The molecule has 0 saturated heterocycles. The maximum Gasteiger partial charge on any atom is 0.227 e. The molecule has 3 nitrogen and oxygen atoms in total. The van der Waals surface area contributed by atoms with Crippen LogP contribution in [-0.2, 0) is 24.1 Å². The van der Waals surface area contributed by atoms with Crippen LogP contribution < -0.4 is 4.74 Å². The van der Waals surface area contributed by atoms with Crippen molar-refractivity contribution < 1.29 is 9.53 Å². The van der Waals surface area contributed by atoms with Crippen LogP contribution in [0.4, 0.5) is 0 Å². The van der Waals surface area contributed by atoms with Gasteiger partial charge in [-0.1, -0.05) is 66.7 Å². The number of carbonyl (C=O) groups excluding carboxylic acids is 1. The lowest BCUT2D eigenvalue weighted by Gasteiger charge is -2.38. The van der Waals surface area contributed by atoms with Crippen LogP contribution in [0.25, 0.3) is 0 Å². The lowest BCUT2D eigenvalue weighted by molar-refractivity contribution is -0.133. The van der Waals surface area contributed by atoms with Crippen LogP contribution in [-0.4, -0.2) is 24.5 Å². The number of fused-ring (bicyclic) bond motifs is 1. The van der Waals surface area contributed by atoms with Gasteiger partial charge in [-0.05, 0) is 47.2 Å². The Kier molecular flexibility index (Phi) is 5.43. The van der Waals surface area contributed by atoms with Gasteiger partial charge in [0.05, 0.1) is 19.6 Å². The van der Waals surface area contributed by atoms with Gasteiger partial charge >= 0.3 is 0 Å². The predicted octanol–water partition coefficient (Wildman–Crippen LogP) is 4.61. The van der Waals surface area contributed by atoms with E-state index >= 15 is 0 Å². The van der Waals surface area contributed by atoms with Gasteiger partial charge in [0.2, 0.25) is 5.91 Å². The van der Waals surface area contributed by atoms with Gasteiger partial charge in [-0.2, -0.15) is 0 Å². The molecule has 1 aliphatic rings. The first-order chi connectivity index (χ1) is 13.7. The summed E-state index contributed by atoms with van der Waals surface area (Å²) in [5.74, 6) is 0.991. The lowest BCUT2D eigenvalue weighted by Crippen LogP contribution is -2.41. The molecular formula is C25H25NO2. The fourth-order valence-electron chi connectivity index (χ4n) is 4.03. The molecule has 4 rings (SSSR count). The van der Waals surface area contributed by atoms with Crippen LogP contribution in [0.1, 0.15) is 28.3 Å².